The van der Waals surface area contributed by atoms with Gasteiger partial charge >= 0.3 is 0 Å². The number of aliphatic hydroxyl groups excluding tert-OH is 1. The Bertz CT molecular complexity index is 641. The molecular weight excluding hydrogens is 284 g/mol. The van der Waals surface area contributed by atoms with Gasteiger partial charge in [0.15, 0.2) is 0 Å². The van der Waals surface area contributed by atoms with E-state index in [0.29, 0.717) is 6.04 Å². The lowest BCUT2D eigenvalue weighted by atomic mass is 9.86. The molecule has 23 heavy (non-hydrogen) atoms. The van der Waals surface area contributed by atoms with Gasteiger partial charge in [-0.1, -0.05) is 30.3 Å². The number of benzene rings is 1. The quantitative estimate of drug-likeness (QED) is 0.884. The third-order valence-corrected chi connectivity index (χ3v) is 4.87. The number of rotatable bonds is 6. The van der Waals surface area contributed by atoms with Crippen molar-refractivity contribution in [1.29, 1.82) is 0 Å². The van der Waals surface area contributed by atoms with E-state index in [1.54, 1.807) is 0 Å². The summed E-state index contributed by atoms with van der Waals surface area (Å²) < 4.78 is 0. The van der Waals surface area contributed by atoms with Crippen LogP contribution in [0.25, 0.3) is 0 Å². The zero-order chi connectivity index (χ0) is 16.1. The Morgan fingerprint density at radius 1 is 1.22 bits per heavy atom. The van der Waals surface area contributed by atoms with Gasteiger partial charge in [-0.2, -0.15) is 0 Å². The molecule has 2 aromatic rings. The maximum atomic E-state index is 9.29. The molecule has 1 N–H and O–H groups in total. The van der Waals surface area contributed by atoms with Crippen molar-refractivity contribution in [2.75, 3.05) is 13.2 Å². The first-order valence-corrected chi connectivity index (χ1v) is 8.63. The summed E-state index contributed by atoms with van der Waals surface area (Å²) in [5.41, 5.74) is 5.35. The lowest BCUT2D eigenvalue weighted by molar-refractivity contribution is 0.151. The third kappa shape index (κ3) is 3.80. The summed E-state index contributed by atoms with van der Waals surface area (Å²) in [6, 6.07) is 13.5. The van der Waals surface area contributed by atoms with Crippen molar-refractivity contribution in [2.45, 2.75) is 45.2 Å². The second kappa shape index (κ2) is 7.71. The van der Waals surface area contributed by atoms with Crippen molar-refractivity contribution >= 4 is 0 Å². The highest BCUT2D eigenvalue weighted by molar-refractivity contribution is 5.32. The zero-order valence-electron chi connectivity index (χ0n) is 13.9. The molecule has 0 saturated heterocycles. The number of aryl methyl sites for hydroxylation is 2. The molecule has 0 amide bonds. The van der Waals surface area contributed by atoms with Crippen LogP contribution < -0.4 is 0 Å². The topological polar surface area (TPSA) is 36.4 Å². The Morgan fingerprint density at radius 2 is 2.09 bits per heavy atom. The highest BCUT2D eigenvalue weighted by Gasteiger charge is 2.25. The molecule has 0 saturated carbocycles. The largest absolute Gasteiger partial charge is 0.396 e. The summed E-state index contributed by atoms with van der Waals surface area (Å²) >= 11 is 0. The zero-order valence-corrected chi connectivity index (χ0v) is 13.9. The standard InChI is InChI=1S/C20H26N2O/c1-16-18(9-5-12-21-16)15-22(13-6-14-23)20-11-4-8-17-7-2-3-10-19(17)20/h2-3,5,7,9-10,12,20,23H,4,6,8,11,13-15H2,1H3. The SMILES string of the molecule is Cc1ncccc1CN(CCCO)C1CCCc2ccccc21. The predicted molar refractivity (Wildman–Crippen MR) is 93.2 cm³/mol. The van der Waals surface area contributed by atoms with Gasteiger partial charge < -0.3 is 5.11 Å². The van der Waals surface area contributed by atoms with Gasteiger partial charge in [-0.3, -0.25) is 9.88 Å². The van der Waals surface area contributed by atoms with Crippen molar-refractivity contribution in [2.24, 2.45) is 0 Å². The van der Waals surface area contributed by atoms with E-state index in [1.807, 2.05) is 12.3 Å². The minimum Gasteiger partial charge on any atom is -0.396 e. The third-order valence-electron chi connectivity index (χ3n) is 4.87. The first-order valence-electron chi connectivity index (χ1n) is 8.63. The fraction of sp³-hybridized carbons (Fsp3) is 0.450. The molecule has 1 atom stereocenters. The van der Waals surface area contributed by atoms with E-state index in [0.717, 1.165) is 25.2 Å². The molecule has 0 aliphatic heterocycles. The van der Waals surface area contributed by atoms with Crippen LogP contribution in [0.5, 0.6) is 0 Å². The van der Waals surface area contributed by atoms with E-state index in [9.17, 15) is 5.11 Å². The highest BCUT2D eigenvalue weighted by atomic mass is 16.3. The van der Waals surface area contributed by atoms with Crippen LogP contribution in [0.3, 0.4) is 0 Å². The maximum absolute atomic E-state index is 9.29. The normalized spacial score (nSPS) is 17.3. The molecule has 1 unspecified atom stereocenters. The molecule has 3 rings (SSSR count). The van der Waals surface area contributed by atoms with Crippen LogP contribution in [0.4, 0.5) is 0 Å². The van der Waals surface area contributed by atoms with E-state index in [4.69, 9.17) is 0 Å². The van der Waals surface area contributed by atoms with E-state index in [-0.39, 0.29) is 6.61 Å². The van der Waals surface area contributed by atoms with E-state index >= 15 is 0 Å². The number of aromatic nitrogens is 1. The second-order valence-electron chi connectivity index (χ2n) is 6.40. The van der Waals surface area contributed by atoms with Crippen molar-refractivity contribution in [1.82, 2.24) is 9.88 Å². The van der Waals surface area contributed by atoms with E-state index in [2.05, 4.69) is 47.1 Å². The molecule has 0 fully saturated rings. The number of fused-ring (bicyclic) bond motifs is 1. The molecule has 3 nitrogen and oxygen atoms in total. The Kier molecular flexibility index (Phi) is 5.42. The predicted octanol–water partition coefficient (Wildman–Crippen LogP) is 3.65. The average Bonchev–Trinajstić information content (AvgIpc) is 2.60. The molecule has 3 heteroatoms. The summed E-state index contributed by atoms with van der Waals surface area (Å²) in [6.07, 6.45) is 6.29. The molecule has 1 aromatic carbocycles. The Hall–Kier alpha value is -1.71. The van der Waals surface area contributed by atoms with Crippen LogP contribution in [-0.4, -0.2) is 28.1 Å². The summed E-state index contributed by atoms with van der Waals surface area (Å²) in [4.78, 5) is 6.95. The molecule has 1 heterocycles. The first-order chi connectivity index (χ1) is 11.3. The van der Waals surface area contributed by atoms with Crippen LogP contribution in [0.2, 0.25) is 0 Å². The number of hydrogen-bond donors (Lipinski definition) is 1. The van der Waals surface area contributed by atoms with E-state index in [1.165, 1.54) is 36.0 Å². The lowest BCUT2D eigenvalue weighted by Gasteiger charge is -2.36. The molecule has 1 aromatic heterocycles. The van der Waals surface area contributed by atoms with Gasteiger partial charge in [-0.25, -0.2) is 0 Å². The van der Waals surface area contributed by atoms with Gasteiger partial charge in [-0.15, -0.1) is 0 Å². The molecule has 0 bridgehead atoms. The number of pyridine rings is 1. The van der Waals surface area contributed by atoms with Crippen molar-refractivity contribution in [3.8, 4) is 0 Å². The molecular formula is C20H26N2O. The monoisotopic (exact) mass is 310 g/mol. The van der Waals surface area contributed by atoms with Gasteiger partial charge in [0.1, 0.15) is 0 Å². The van der Waals surface area contributed by atoms with Gasteiger partial charge in [-0.05, 0) is 55.4 Å². The number of aliphatic hydroxyl groups is 1. The maximum Gasteiger partial charge on any atom is 0.0443 e. The van der Waals surface area contributed by atoms with Crippen molar-refractivity contribution in [3.63, 3.8) is 0 Å². The summed E-state index contributed by atoms with van der Waals surface area (Å²) in [5.74, 6) is 0. The van der Waals surface area contributed by atoms with Crippen LogP contribution in [-0.2, 0) is 13.0 Å². The Morgan fingerprint density at radius 3 is 2.91 bits per heavy atom. The minimum absolute atomic E-state index is 0.247. The summed E-state index contributed by atoms with van der Waals surface area (Å²) in [6.45, 7) is 4.15. The van der Waals surface area contributed by atoms with Crippen LogP contribution in [0, 0.1) is 6.92 Å². The average molecular weight is 310 g/mol. The van der Waals surface area contributed by atoms with Gasteiger partial charge in [0, 0.05) is 37.6 Å². The molecule has 122 valence electrons. The van der Waals surface area contributed by atoms with Gasteiger partial charge in [0.2, 0.25) is 0 Å². The Balaban J connectivity index is 1.86. The molecule has 1 aliphatic rings. The highest BCUT2D eigenvalue weighted by Crippen LogP contribution is 2.35. The van der Waals surface area contributed by atoms with Crippen LogP contribution in [0.1, 0.15) is 47.7 Å². The number of hydrogen-bond acceptors (Lipinski definition) is 3. The first kappa shape index (κ1) is 16.2. The second-order valence-corrected chi connectivity index (χ2v) is 6.40. The Labute approximate surface area is 139 Å². The van der Waals surface area contributed by atoms with Gasteiger partial charge in [0.25, 0.3) is 0 Å². The molecule has 1 aliphatic carbocycles. The lowest BCUT2D eigenvalue weighted by Crippen LogP contribution is -2.32. The van der Waals surface area contributed by atoms with Gasteiger partial charge in [0.05, 0.1) is 0 Å². The molecule has 0 spiro atoms. The fourth-order valence-corrected chi connectivity index (χ4v) is 3.63. The van der Waals surface area contributed by atoms with Crippen LogP contribution in [0.15, 0.2) is 42.6 Å². The molecule has 0 radical (unpaired) electrons. The van der Waals surface area contributed by atoms with Crippen molar-refractivity contribution < 1.29 is 5.11 Å². The number of nitrogens with zero attached hydrogens (tertiary/aromatic N) is 2. The van der Waals surface area contributed by atoms with Crippen molar-refractivity contribution in [3.05, 3.63) is 65.0 Å². The summed E-state index contributed by atoms with van der Waals surface area (Å²) in [5, 5.41) is 9.29. The van der Waals surface area contributed by atoms with Crippen LogP contribution >= 0.6 is 0 Å². The minimum atomic E-state index is 0.247. The van der Waals surface area contributed by atoms with E-state index < -0.39 is 0 Å². The fourth-order valence-electron chi connectivity index (χ4n) is 3.63. The summed E-state index contributed by atoms with van der Waals surface area (Å²) in [7, 11) is 0. The smallest absolute Gasteiger partial charge is 0.0443 e.